The summed E-state index contributed by atoms with van der Waals surface area (Å²) in [4.78, 5) is 11.9. The van der Waals surface area contributed by atoms with Crippen LogP contribution in [0.25, 0.3) is 0 Å². The molecular weight excluding hydrogens is 218 g/mol. The summed E-state index contributed by atoms with van der Waals surface area (Å²) in [7, 11) is 0. The van der Waals surface area contributed by atoms with Crippen molar-refractivity contribution >= 4 is 5.97 Å². The maximum Gasteiger partial charge on any atom is 0.339 e. The molecule has 0 aromatic heterocycles. The van der Waals surface area contributed by atoms with Gasteiger partial charge in [-0.05, 0) is 26.8 Å². The molecule has 0 saturated heterocycles. The molecule has 0 unspecified atom stereocenters. The van der Waals surface area contributed by atoms with Gasteiger partial charge >= 0.3 is 5.97 Å². The van der Waals surface area contributed by atoms with Crippen molar-refractivity contribution in [2.45, 2.75) is 32.5 Å². The summed E-state index contributed by atoms with van der Waals surface area (Å²) in [6.45, 7) is 5.27. The lowest BCUT2D eigenvalue weighted by atomic mass is 10.0. The summed E-state index contributed by atoms with van der Waals surface area (Å²) in [5.74, 6) is -0.539. The average molecular weight is 233 g/mol. The van der Waals surface area contributed by atoms with Crippen molar-refractivity contribution in [2.75, 3.05) is 0 Å². The molecule has 0 aliphatic rings. The van der Waals surface area contributed by atoms with E-state index in [1.165, 1.54) is 12.1 Å². The van der Waals surface area contributed by atoms with Gasteiger partial charge in [0, 0.05) is 5.56 Å². The van der Waals surface area contributed by atoms with E-state index in [4.69, 9.17) is 10.00 Å². The first-order valence-electron chi connectivity index (χ1n) is 5.25. The fourth-order valence-electron chi connectivity index (χ4n) is 1.32. The molecule has 0 bridgehead atoms. The van der Waals surface area contributed by atoms with Crippen molar-refractivity contribution in [3.63, 3.8) is 0 Å². The van der Waals surface area contributed by atoms with E-state index < -0.39 is 17.7 Å². The average Bonchev–Trinajstić information content (AvgIpc) is 2.25. The Morgan fingerprint density at radius 2 is 2.00 bits per heavy atom. The molecule has 1 N–H and O–H groups in total. The zero-order chi connectivity index (χ0) is 13.1. The van der Waals surface area contributed by atoms with E-state index in [1.807, 2.05) is 0 Å². The van der Waals surface area contributed by atoms with Gasteiger partial charge in [0.25, 0.3) is 0 Å². The molecule has 0 amide bonds. The molecule has 0 aliphatic carbocycles. The Kier molecular flexibility index (Phi) is 3.87. The minimum absolute atomic E-state index is 0.219. The lowest BCUT2D eigenvalue weighted by Crippen LogP contribution is -2.24. The van der Waals surface area contributed by atoms with Crippen LogP contribution < -0.4 is 0 Å². The number of carbonyl (C=O) groups is 1. The molecule has 1 rings (SSSR count). The SMILES string of the molecule is CC(C)(C)OC(=O)c1ccccc1[C@H](O)C#N. The number of esters is 1. The summed E-state index contributed by atoms with van der Waals surface area (Å²) in [6, 6.07) is 8.07. The molecule has 17 heavy (non-hydrogen) atoms. The Hall–Kier alpha value is -1.86. The van der Waals surface area contributed by atoms with E-state index >= 15 is 0 Å². The zero-order valence-corrected chi connectivity index (χ0v) is 10.1. The molecule has 0 saturated carbocycles. The highest BCUT2D eigenvalue weighted by atomic mass is 16.6. The summed E-state index contributed by atoms with van der Waals surface area (Å²) in [6.07, 6.45) is -1.32. The quantitative estimate of drug-likeness (QED) is 0.628. The highest BCUT2D eigenvalue weighted by molar-refractivity contribution is 5.91. The van der Waals surface area contributed by atoms with E-state index in [1.54, 1.807) is 39.0 Å². The van der Waals surface area contributed by atoms with Gasteiger partial charge in [0.15, 0.2) is 6.10 Å². The Morgan fingerprint density at radius 1 is 1.41 bits per heavy atom. The number of benzene rings is 1. The molecule has 0 fully saturated rings. The number of aliphatic hydroxyl groups excluding tert-OH is 1. The molecule has 0 aliphatic heterocycles. The highest BCUT2D eigenvalue weighted by Crippen LogP contribution is 2.20. The van der Waals surface area contributed by atoms with Crippen molar-refractivity contribution in [3.8, 4) is 6.07 Å². The number of carbonyl (C=O) groups excluding carboxylic acids is 1. The molecular formula is C13H15NO3. The van der Waals surface area contributed by atoms with Crippen molar-refractivity contribution in [1.29, 1.82) is 5.26 Å². The lowest BCUT2D eigenvalue weighted by Gasteiger charge is -2.20. The molecule has 1 atom stereocenters. The minimum atomic E-state index is -1.32. The minimum Gasteiger partial charge on any atom is -0.456 e. The predicted molar refractivity (Wildman–Crippen MR) is 62.2 cm³/mol. The fraction of sp³-hybridized carbons (Fsp3) is 0.385. The van der Waals surface area contributed by atoms with Gasteiger partial charge in [-0.25, -0.2) is 4.79 Å². The molecule has 0 radical (unpaired) electrons. The molecule has 90 valence electrons. The van der Waals surface area contributed by atoms with Crippen LogP contribution in [0.1, 0.15) is 42.8 Å². The summed E-state index contributed by atoms with van der Waals surface area (Å²) < 4.78 is 5.20. The third kappa shape index (κ3) is 3.58. The number of nitriles is 1. The second kappa shape index (κ2) is 4.98. The van der Waals surface area contributed by atoms with E-state index in [0.717, 1.165) is 0 Å². The van der Waals surface area contributed by atoms with E-state index in [-0.39, 0.29) is 11.1 Å². The van der Waals surface area contributed by atoms with Crippen molar-refractivity contribution < 1.29 is 14.6 Å². The first-order chi connectivity index (χ1) is 7.85. The van der Waals surface area contributed by atoms with Crippen LogP contribution in [0.15, 0.2) is 24.3 Å². The molecule has 4 nitrogen and oxygen atoms in total. The lowest BCUT2D eigenvalue weighted by molar-refractivity contribution is 0.00657. The normalized spacial score (nSPS) is 12.6. The van der Waals surface area contributed by atoms with Gasteiger partial charge in [0.2, 0.25) is 0 Å². The topological polar surface area (TPSA) is 70.3 Å². The molecule has 1 aromatic rings. The fourth-order valence-corrected chi connectivity index (χ4v) is 1.32. The van der Waals surface area contributed by atoms with Crippen LogP contribution in [-0.2, 0) is 4.74 Å². The molecule has 0 heterocycles. The largest absolute Gasteiger partial charge is 0.456 e. The van der Waals surface area contributed by atoms with Crippen LogP contribution in [0.3, 0.4) is 0 Å². The van der Waals surface area contributed by atoms with Crippen LogP contribution in [0, 0.1) is 11.3 Å². The third-order valence-electron chi connectivity index (χ3n) is 2.00. The standard InChI is InChI=1S/C13H15NO3/c1-13(2,3)17-12(16)10-7-5-4-6-9(10)11(15)8-14/h4-7,11,15H,1-3H3/t11-/m1/s1. The maximum atomic E-state index is 11.9. The van der Waals surface area contributed by atoms with Gasteiger partial charge in [-0.3, -0.25) is 0 Å². The maximum absolute atomic E-state index is 11.9. The van der Waals surface area contributed by atoms with Gasteiger partial charge in [0.05, 0.1) is 11.6 Å². The van der Waals surface area contributed by atoms with Gasteiger partial charge in [-0.1, -0.05) is 18.2 Å². The molecule has 0 spiro atoms. The second-order valence-electron chi connectivity index (χ2n) is 4.62. The smallest absolute Gasteiger partial charge is 0.339 e. The summed E-state index contributed by atoms with van der Waals surface area (Å²) in [5, 5.41) is 18.2. The third-order valence-corrected chi connectivity index (χ3v) is 2.00. The van der Waals surface area contributed by atoms with Gasteiger partial charge in [-0.15, -0.1) is 0 Å². The first kappa shape index (κ1) is 13.2. The number of nitrogens with zero attached hydrogens (tertiary/aromatic N) is 1. The number of hydrogen-bond acceptors (Lipinski definition) is 4. The molecule has 4 heteroatoms. The van der Waals surface area contributed by atoms with Crippen molar-refractivity contribution in [2.24, 2.45) is 0 Å². The van der Waals surface area contributed by atoms with Crippen LogP contribution in [0.2, 0.25) is 0 Å². The Morgan fingerprint density at radius 3 is 2.53 bits per heavy atom. The number of aliphatic hydroxyl groups is 1. The Bertz CT molecular complexity index is 454. The summed E-state index contributed by atoms with van der Waals surface area (Å²) in [5.41, 5.74) is -0.123. The van der Waals surface area contributed by atoms with Gasteiger partial charge in [-0.2, -0.15) is 5.26 Å². The number of hydrogen-bond donors (Lipinski definition) is 1. The van der Waals surface area contributed by atoms with Crippen molar-refractivity contribution in [3.05, 3.63) is 35.4 Å². The number of ether oxygens (including phenoxy) is 1. The molecule has 1 aromatic carbocycles. The van der Waals surface area contributed by atoms with E-state index in [2.05, 4.69) is 0 Å². The van der Waals surface area contributed by atoms with Crippen LogP contribution >= 0.6 is 0 Å². The van der Waals surface area contributed by atoms with Crippen molar-refractivity contribution in [1.82, 2.24) is 0 Å². The van der Waals surface area contributed by atoms with Crippen LogP contribution in [-0.4, -0.2) is 16.7 Å². The van der Waals surface area contributed by atoms with Gasteiger partial charge in [0.1, 0.15) is 5.60 Å². The first-order valence-corrected chi connectivity index (χ1v) is 5.25. The highest BCUT2D eigenvalue weighted by Gasteiger charge is 2.22. The zero-order valence-electron chi connectivity index (χ0n) is 10.1. The van der Waals surface area contributed by atoms with E-state index in [0.29, 0.717) is 0 Å². The second-order valence-corrected chi connectivity index (χ2v) is 4.62. The van der Waals surface area contributed by atoms with E-state index in [9.17, 15) is 9.90 Å². The summed E-state index contributed by atoms with van der Waals surface area (Å²) >= 11 is 0. The van der Waals surface area contributed by atoms with Crippen LogP contribution in [0.4, 0.5) is 0 Å². The van der Waals surface area contributed by atoms with Crippen LogP contribution in [0.5, 0.6) is 0 Å². The Balaban J connectivity index is 3.06. The monoisotopic (exact) mass is 233 g/mol. The van der Waals surface area contributed by atoms with Gasteiger partial charge < -0.3 is 9.84 Å². The number of rotatable bonds is 2. The predicted octanol–water partition coefficient (Wildman–Crippen LogP) is 2.20. The Labute approximate surface area is 100 Å².